The summed E-state index contributed by atoms with van der Waals surface area (Å²) in [5, 5.41) is 6.27. The fourth-order valence-corrected chi connectivity index (χ4v) is 2.02. The molecule has 1 heterocycles. The van der Waals surface area contributed by atoms with Gasteiger partial charge in [-0.2, -0.15) is 0 Å². The van der Waals surface area contributed by atoms with Gasteiger partial charge in [0.05, 0.1) is 6.10 Å². The van der Waals surface area contributed by atoms with Gasteiger partial charge in [-0.1, -0.05) is 12.1 Å². The molecule has 1 aromatic carbocycles. The standard InChI is InChI=1S/C14H20N2O2/c1-10(2)18-12-5-3-11(4-6-12)13-9-16-14(17)7-8-15-13/h3-6,10,13,15H,7-9H2,1-2H3,(H,16,17). The molecule has 1 amide bonds. The Labute approximate surface area is 108 Å². The first-order valence-corrected chi connectivity index (χ1v) is 6.42. The van der Waals surface area contributed by atoms with Gasteiger partial charge in [0, 0.05) is 25.6 Å². The van der Waals surface area contributed by atoms with Crippen LogP contribution in [0.5, 0.6) is 5.75 Å². The number of carbonyl (C=O) groups is 1. The molecule has 4 nitrogen and oxygen atoms in total. The van der Waals surface area contributed by atoms with Gasteiger partial charge < -0.3 is 15.4 Å². The number of ether oxygens (including phenoxy) is 1. The quantitative estimate of drug-likeness (QED) is 0.854. The zero-order chi connectivity index (χ0) is 13.0. The third kappa shape index (κ3) is 3.47. The van der Waals surface area contributed by atoms with Crippen molar-refractivity contribution in [1.29, 1.82) is 0 Å². The molecule has 0 aromatic heterocycles. The summed E-state index contributed by atoms with van der Waals surface area (Å²) in [4.78, 5) is 11.3. The smallest absolute Gasteiger partial charge is 0.221 e. The molecule has 0 spiro atoms. The maximum absolute atomic E-state index is 11.3. The van der Waals surface area contributed by atoms with Crippen LogP contribution in [-0.2, 0) is 4.79 Å². The van der Waals surface area contributed by atoms with E-state index in [1.165, 1.54) is 5.56 Å². The Morgan fingerprint density at radius 1 is 1.28 bits per heavy atom. The minimum Gasteiger partial charge on any atom is -0.491 e. The highest BCUT2D eigenvalue weighted by molar-refractivity contribution is 5.76. The normalized spacial score (nSPS) is 20.4. The summed E-state index contributed by atoms with van der Waals surface area (Å²) in [5.41, 5.74) is 1.17. The topological polar surface area (TPSA) is 50.4 Å². The number of hydrogen-bond donors (Lipinski definition) is 2. The number of amides is 1. The van der Waals surface area contributed by atoms with Crippen LogP contribution in [0.4, 0.5) is 0 Å². The van der Waals surface area contributed by atoms with E-state index in [9.17, 15) is 4.79 Å². The van der Waals surface area contributed by atoms with Crippen molar-refractivity contribution >= 4 is 5.91 Å². The first-order chi connectivity index (χ1) is 8.65. The Kier molecular flexibility index (Phi) is 4.20. The highest BCUT2D eigenvalue weighted by Crippen LogP contribution is 2.19. The van der Waals surface area contributed by atoms with Crippen molar-refractivity contribution in [2.24, 2.45) is 0 Å². The van der Waals surface area contributed by atoms with Gasteiger partial charge in [-0.25, -0.2) is 0 Å². The molecule has 1 aromatic rings. The second-order valence-electron chi connectivity index (χ2n) is 4.80. The van der Waals surface area contributed by atoms with Crippen molar-refractivity contribution in [2.45, 2.75) is 32.4 Å². The molecular weight excluding hydrogens is 228 g/mol. The zero-order valence-corrected chi connectivity index (χ0v) is 10.9. The molecule has 0 saturated carbocycles. The predicted octanol–water partition coefficient (Wildman–Crippen LogP) is 1.62. The number of benzene rings is 1. The first-order valence-electron chi connectivity index (χ1n) is 6.42. The SMILES string of the molecule is CC(C)Oc1ccc(C2CNC(=O)CCN2)cc1. The van der Waals surface area contributed by atoms with Crippen molar-refractivity contribution < 1.29 is 9.53 Å². The van der Waals surface area contributed by atoms with Gasteiger partial charge in [-0.15, -0.1) is 0 Å². The lowest BCUT2D eigenvalue weighted by atomic mass is 10.1. The molecule has 4 heteroatoms. The molecule has 0 radical (unpaired) electrons. The number of carbonyl (C=O) groups excluding carboxylic acids is 1. The molecule has 1 aliphatic rings. The average Bonchev–Trinajstić information content (AvgIpc) is 2.54. The Morgan fingerprint density at radius 3 is 2.67 bits per heavy atom. The van der Waals surface area contributed by atoms with E-state index >= 15 is 0 Å². The molecule has 1 atom stereocenters. The number of nitrogens with one attached hydrogen (secondary N) is 2. The van der Waals surface area contributed by atoms with Crippen LogP contribution in [0.3, 0.4) is 0 Å². The summed E-state index contributed by atoms with van der Waals surface area (Å²) in [6.45, 7) is 5.39. The van der Waals surface area contributed by atoms with Crippen LogP contribution in [0.1, 0.15) is 31.9 Å². The van der Waals surface area contributed by atoms with Crippen LogP contribution >= 0.6 is 0 Å². The summed E-state index contributed by atoms with van der Waals surface area (Å²) >= 11 is 0. The summed E-state index contributed by atoms with van der Waals surface area (Å²) < 4.78 is 5.61. The van der Waals surface area contributed by atoms with Crippen molar-refractivity contribution in [3.8, 4) is 5.75 Å². The lowest BCUT2D eigenvalue weighted by molar-refractivity contribution is -0.120. The second-order valence-corrected chi connectivity index (χ2v) is 4.80. The molecule has 18 heavy (non-hydrogen) atoms. The van der Waals surface area contributed by atoms with E-state index in [-0.39, 0.29) is 18.1 Å². The second kappa shape index (κ2) is 5.87. The van der Waals surface area contributed by atoms with Gasteiger partial charge in [0.2, 0.25) is 5.91 Å². The molecule has 2 rings (SSSR count). The number of hydrogen-bond acceptors (Lipinski definition) is 3. The van der Waals surface area contributed by atoms with Crippen molar-refractivity contribution in [3.63, 3.8) is 0 Å². The van der Waals surface area contributed by atoms with Crippen molar-refractivity contribution in [3.05, 3.63) is 29.8 Å². The van der Waals surface area contributed by atoms with Crippen molar-refractivity contribution in [2.75, 3.05) is 13.1 Å². The Balaban J connectivity index is 2.02. The van der Waals surface area contributed by atoms with Gasteiger partial charge in [0.25, 0.3) is 0 Å². The highest BCUT2D eigenvalue weighted by Gasteiger charge is 2.16. The number of rotatable bonds is 3. The molecule has 0 aliphatic carbocycles. The maximum Gasteiger partial charge on any atom is 0.221 e. The monoisotopic (exact) mass is 248 g/mol. The summed E-state index contributed by atoms with van der Waals surface area (Å²) in [6.07, 6.45) is 0.733. The largest absolute Gasteiger partial charge is 0.491 e. The van der Waals surface area contributed by atoms with E-state index in [1.807, 2.05) is 38.1 Å². The van der Waals surface area contributed by atoms with Gasteiger partial charge >= 0.3 is 0 Å². The summed E-state index contributed by atoms with van der Waals surface area (Å²) in [7, 11) is 0. The fraction of sp³-hybridized carbons (Fsp3) is 0.500. The maximum atomic E-state index is 11.3. The highest BCUT2D eigenvalue weighted by atomic mass is 16.5. The molecule has 1 aliphatic heterocycles. The first kappa shape index (κ1) is 12.9. The predicted molar refractivity (Wildman–Crippen MR) is 70.6 cm³/mol. The molecule has 1 fully saturated rings. The van der Waals surface area contributed by atoms with Crippen LogP contribution in [0, 0.1) is 0 Å². The zero-order valence-electron chi connectivity index (χ0n) is 10.9. The molecule has 1 unspecified atom stereocenters. The van der Waals surface area contributed by atoms with Crippen LogP contribution in [0.2, 0.25) is 0 Å². The van der Waals surface area contributed by atoms with Crippen LogP contribution in [-0.4, -0.2) is 25.1 Å². The summed E-state index contributed by atoms with van der Waals surface area (Å²) in [6, 6.07) is 8.23. The molecule has 1 saturated heterocycles. The molecule has 98 valence electrons. The van der Waals surface area contributed by atoms with E-state index in [2.05, 4.69) is 10.6 Å². The molecule has 0 bridgehead atoms. The molecular formula is C14H20N2O2. The van der Waals surface area contributed by atoms with E-state index in [0.717, 1.165) is 12.3 Å². The minimum absolute atomic E-state index is 0.116. The molecule has 2 N–H and O–H groups in total. The Morgan fingerprint density at radius 2 is 2.00 bits per heavy atom. The van der Waals surface area contributed by atoms with Crippen molar-refractivity contribution in [1.82, 2.24) is 10.6 Å². The van der Waals surface area contributed by atoms with E-state index < -0.39 is 0 Å². The third-order valence-corrected chi connectivity index (χ3v) is 2.90. The third-order valence-electron chi connectivity index (χ3n) is 2.90. The van der Waals surface area contributed by atoms with Crippen LogP contribution in [0.25, 0.3) is 0 Å². The fourth-order valence-electron chi connectivity index (χ4n) is 2.02. The van der Waals surface area contributed by atoms with Gasteiger partial charge in [0.1, 0.15) is 5.75 Å². The Bertz CT molecular complexity index is 401. The lowest BCUT2D eigenvalue weighted by Gasteiger charge is -2.17. The van der Waals surface area contributed by atoms with E-state index in [4.69, 9.17) is 4.74 Å². The van der Waals surface area contributed by atoms with Gasteiger partial charge in [-0.05, 0) is 31.5 Å². The van der Waals surface area contributed by atoms with Gasteiger partial charge in [0.15, 0.2) is 0 Å². The van der Waals surface area contributed by atoms with Gasteiger partial charge in [-0.3, -0.25) is 4.79 Å². The average molecular weight is 248 g/mol. The lowest BCUT2D eigenvalue weighted by Crippen LogP contribution is -2.28. The van der Waals surface area contributed by atoms with Crippen LogP contribution in [0.15, 0.2) is 24.3 Å². The Hall–Kier alpha value is -1.55. The van der Waals surface area contributed by atoms with E-state index in [0.29, 0.717) is 13.0 Å². The minimum atomic E-state index is 0.116. The van der Waals surface area contributed by atoms with Crippen LogP contribution < -0.4 is 15.4 Å². The van der Waals surface area contributed by atoms with E-state index in [1.54, 1.807) is 0 Å². The summed E-state index contributed by atoms with van der Waals surface area (Å²) in [5.74, 6) is 0.996.